The van der Waals surface area contributed by atoms with Crippen LogP contribution in [0.25, 0.3) is 0 Å². The summed E-state index contributed by atoms with van der Waals surface area (Å²) in [5.41, 5.74) is -1.19. The number of carbonyl (C=O) groups is 5. The predicted octanol–water partition coefficient (Wildman–Crippen LogP) is 2.78. The molecule has 0 unspecified atom stereocenters. The van der Waals surface area contributed by atoms with Gasteiger partial charge in [-0.1, -0.05) is 64.9 Å². The summed E-state index contributed by atoms with van der Waals surface area (Å²) in [5.74, 6) is -2.86. The van der Waals surface area contributed by atoms with Crippen LogP contribution in [-0.4, -0.2) is 103 Å². The van der Waals surface area contributed by atoms with E-state index in [1.807, 2.05) is 13.8 Å². The highest BCUT2D eigenvalue weighted by Crippen LogP contribution is 2.65. The molecule has 2 saturated heterocycles. The van der Waals surface area contributed by atoms with Gasteiger partial charge in [0.05, 0.1) is 28.7 Å². The molecule has 4 rings (SSSR count). The summed E-state index contributed by atoms with van der Waals surface area (Å²) in [5, 5.41) is 11.1. The molecule has 4 aliphatic rings. The Kier molecular flexibility index (Phi) is 12.8. The molecule has 0 aromatic rings. The van der Waals surface area contributed by atoms with Crippen molar-refractivity contribution in [3.8, 4) is 0 Å². The third kappa shape index (κ3) is 9.26. The fourth-order valence-electron chi connectivity index (χ4n) is 7.96. The number of nitrogens with one attached hydrogen (secondary N) is 4. The number of carbonyl (C=O) groups excluding carboxylic acids is 5. The van der Waals surface area contributed by atoms with Gasteiger partial charge < -0.3 is 30.9 Å². The second-order valence-corrected chi connectivity index (χ2v) is 19.1. The Hall–Kier alpha value is -3.00. The standard InChI is InChI=1S/C36H59N5O8S/c1-7-19-37-31(44)29(42)25-16-12-9-8-10-15-20-49-22-26(32(45)41-21-24-27(35(24,5)6)28(41)30(43)38-25)39-33(46)40-36(17-13-11-14-18-36)23-50(47,48)34(2,3)4/h7,24-28H,1,8-23H2,2-6H3,(H,37,44)(H,38,43)(H2,39,40,46)/t24-,25+,26+,27-,28-/m0/s1. The van der Waals surface area contributed by atoms with E-state index in [9.17, 15) is 32.4 Å². The van der Waals surface area contributed by atoms with Gasteiger partial charge in [0, 0.05) is 19.7 Å². The van der Waals surface area contributed by atoms with Crippen LogP contribution in [0.4, 0.5) is 4.79 Å². The van der Waals surface area contributed by atoms with Crippen LogP contribution >= 0.6 is 0 Å². The molecule has 13 nitrogen and oxygen atoms in total. The van der Waals surface area contributed by atoms with Crippen LogP contribution in [-0.2, 0) is 33.8 Å². The lowest BCUT2D eigenvalue weighted by atomic mass is 9.83. The van der Waals surface area contributed by atoms with Gasteiger partial charge in [-0.2, -0.15) is 0 Å². The summed E-state index contributed by atoms with van der Waals surface area (Å²) in [7, 11) is -3.58. The summed E-state index contributed by atoms with van der Waals surface area (Å²) in [6, 6.07) is -3.75. The Balaban J connectivity index is 1.58. The number of rotatable bonds is 8. The molecule has 0 aromatic heterocycles. The number of hydrogen-bond acceptors (Lipinski definition) is 8. The Bertz CT molecular complexity index is 1400. The molecule has 4 fully saturated rings. The lowest BCUT2D eigenvalue weighted by molar-refractivity contribution is -0.144. The lowest BCUT2D eigenvalue weighted by Crippen LogP contribution is -2.62. The lowest BCUT2D eigenvalue weighted by Gasteiger charge is -2.40. The molecule has 0 spiro atoms. The summed E-state index contributed by atoms with van der Waals surface area (Å²) in [4.78, 5) is 69.5. The topological polar surface area (TPSA) is 180 Å². The first-order valence-corrected chi connectivity index (χ1v) is 20.0. The van der Waals surface area contributed by atoms with E-state index in [0.29, 0.717) is 32.4 Å². The molecule has 0 aromatic carbocycles. The first kappa shape index (κ1) is 39.8. The van der Waals surface area contributed by atoms with E-state index in [1.54, 1.807) is 20.8 Å². The second kappa shape index (κ2) is 16.1. The highest BCUT2D eigenvalue weighted by molar-refractivity contribution is 7.92. The average molecular weight is 722 g/mol. The smallest absolute Gasteiger partial charge is 0.315 e. The van der Waals surface area contributed by atoms with Gasteiger partial charge in [0.2, 0.25) is 17.6 Å². The van der Waals surface area contributed by atoms with Crippen LogP contribution < -0.4 is 21.3 Å². The fraction of sp³-hybridized carbons (Fsp3) is 0.806. The van der Waals surface area contributed by atoms with Gasteiger partial charge in [-0.3, -0.25) is 19.2 Å². The summed E-state index contributed by atoms with van der Waals surface area (Å²) in [6.45, 7) is 13.3. The first-order valence-electron chi connectivity index (χ1n) is 18.4. The zero-order valence-electron chi connectivity index (χ0n) is 30.6. The largest absolute Gasteiger partial charge is 0.379 e. The van der Waals surface area contributed by atoms with Crippen molar-refractivity contribution in [2.45, 2.75) is 134 Å². The molecule has 282 valence electrons. The molecular formula is C36H59N5O8S. The quantitative estimate of drug-likeness (QED) is 0.218. The fourth-order valence-corrected chi connectivity index (χ4v) is 9.48. The van der Waals surface area contributed by atoms with Crippen molar-refractivity contribution in [2.75, 3.05) is 32.1 Å². The Morgan fingerprint density at radius 2 is 1.66 bits per heavy atom. The van der Waals surface area contributed by atoms with E-state index >= 15 is 0 Å². The average Bonchev–Trinajstić information content (AvgIpc) is 3.34. The molecule has 50 heavy (non-hydrogen) atoms. The minimum absolute atomic E-state index is 0.0397. The third-order valence-electron chi connectivity index (χ3n) is 11.3. The highest BCUT2D eigenvalue weighted by Gasteiger charge is 2.69. The maximum Gasteiger partial charge on any atom is 0.315 e. The molecule has 5 amide bonds. The number of fused-ring (bicyclic) bond motifs is 3. The van der Waals surface area contributed by atoms with Crippen molar-refractivity contribution in [1.29, 1.82) is 0 Å². The number of ketones is 1. The predicted molar refractivity (Wildman–Crippen MR) is 190 cm³/mol. The zero-order valence-corrected chi connectivity index (χ0v) is 31.4. The summed E-state index contributed by atoms with van der Waals surface area (Å²) in [6.07, 6.45) is 9.12. The number of urea groups is 1. The monoisotopic (exact) mass is 721 g/mol. The van der Waals surface area contributed by atoms with Gasteiger partial charge in [-0.25, -0.2) is 13.2 Å². The number of sulfone groups is 1. The number of nitrogens with zero attached hydrogens (tertiary/aromatic N) is 1. The van der Waals surface area contributed by atoms with Crippen LogP contribution in [0, 0.1) is 17.3 Å². The van der Waals surface area contributed by atoms with Crippen LogP contribution in [0.3, 0.4) is 0 Å². The molecule has 2 aliphatic carbocycles. The van der Waals surface area contributed by atoms with Crippen LogP contribution in [0.15, 0.2) is 12.7 Å². The van der Waals surface area contributed by atoms with E-state index in [1.165, 1.54) is 11.0 Å². The number of hydrogen-bond donors (Lipinski definition) is 4. The Morgan fingerprint density at radius 1 is 1.02 bits per heavy atom. The maximum atomic E-state index is 14.3. The Morgan fingerprint density at radius 3 is 2.32 bits per heavy atom. The van der Waals surface area contributed by atoms with Crippen molar-refractivity contribution in [3.05, 3.63) is 12.7 Å². The maximum absolute atomic E-state index is 14.3. The molecule has 2 saturated carbocycles. The summed E-state index contributed by atoms with van der Waals surface area (Å²) >= 11 is 0. The van der Waals surface area contributed by atoms with Crippen molar-refractivity contribution >= 4 is 39.4 Å². The highest BCUT2D eigenvalue weighted by atomic mass is 32.2. The van der Waals surface area contributed by atoms with Crippen LogP contribution in [0.5, 0.6) is 0 Å². The minimum atomic E-state index is -3.58. The van der Waals surface area contributed by atoms with Crippen molar-refractivity contribution < 1.29 is 37.1 Å². The van der Waals surface area contributed by atoms with E-state index < -0.39 is 67.8 Å². The Labute approximate surface area is 297 Å². The van der Waals surface area contributed by atoms with E-state index in [0.717, 1.165) is 44.9 Å². The molecule has 2 aliphatic heterocycles. The minimum Gasteiger partial charge on any atom is -0.379 e. The molecular weight excluding hydrogens is 662 g/mol. The number of ether oxygens (including phenoxy) is 1. The van der Waals surface area contributed by atoms with Crippen molar-refractivity contribution in [2.24, 2.45) is 17.3 Å². The molecule has 0 bridgehead atoms. The van der Waals surface area contributed by atoms with Crippen LogP contribution in [0.1, 0.15) is 105 Å². The van der Waals surface area contributed by atoms with Crippen molar-refractivity contribution in [3.63, 3.8) is 0 Å². The van der Waals surface area contributed by atoms with Gasteiger partial charge in [0.15, 0.2) is 9.84 Å². The number of Topliss-reactive ketones (excluding diaryl/α,β-unsaturated/α-hetero) is 1. The zero-order chi connectivity index (χ0) is 36.9. The molecule has 2 heterocycles. The number of amides is 5. The van der Waals surface area contributed by atoms with E-state index in [2.05, 4.69) is 27.8 Å². The molecule has 14 heteroatoms. The molecule has 0 radical (unpaired) electrons. The first-order chi connectivity index (χ1) is 23.4. The molecule has 5 atom stereocenters. The normalized spacial score (nSPS) is 29.1. The molecule has 4 N–H and O–H groups in total. The number of piperidine rings is 1. The van der Waals surface area contributed by atoms with Crippen molar-refractivity contribution in [1.82, 2.24) is 26.2 Å². The van der Waals surface area contributed by atoms with E-state index in [-0.39, 0.29) is 42.6 Å². The van der Waals surface area contributed by atoms with Gasteiger partial charge in [0.1, 0.15) is 12.1 Å². The SMILES string of the molecule is C=CCNC(=O)C(=O)[C@H]1CCCCCCCOC[C@@H](NC(=O)NC2(CS(=O)(=O)C(C)(C)C)CCCCC2)C(=O)N2C[C@H]3[C@@H]([C@H]2C(=O)N1)C3(C)C. The van der Waals surface area contributed by atoms with Gasteiger partial charge in [-0.15, -0.1) is 6.58 Å². The van der Waals surface area contributed by atoms with Gasteiger partial charge >= 0.3 is 6.03 Å². The second-order valence-electron chi connectivity index (χ2n) is 16.3. The third-order valence-corrected chi connectivity index (χ3v) is 14.1. The van der Waals surface area contributed by atoms with Gasteiger partial charge in [0.25, 0.3) is 5.91 Å². The summed E-state index contributed by atoms with van der Waals surface area (Å²) < 4.78 is 31.6. The van der Waals surface area contributed by atoms with E-state index in [4.69, 9.17) is 4.74 Å². The van der Waals surface area contributed by atoms with Crippen LogP contribution in [0.2, 0.25) is 0 Å². The van der Waals surface area contributed by atoms with Gasteiger partial charge in [-0.05, 0) is 63.7 Å².